The molecule has 4 rings (SSSR count). The molecule has 0 unspecified atom stereocenters. The fraction of sp³-hybridized carbons (Fsp3) is 0.0625. The van der Waals surface area contributed by atoms with Crippen molar-refractivity contribution < 1.29 is 0 Å². The molecule has 0 spiro atoms. The average molecular weight is 441 g/mol. The zero-order valence-corrected chi connectivity index (χ0v) is 19.2. The molecule has 0 bridgehead atoms. The van der Waals surface area contributed by atoms with Gasteiger partial charge in [-0.1, -0.05) is 97.1 Å². The van der Waals surface area contributed by atoms with E-state index < -0.39 is 0 Å². The minimum Gasteiger partial charge on any atom is -0.257 e. The first kappa shape index (κ1) is 22.9. The number of hydrogen-bond donors (Lipinski definition) is 0. The lowest BCUT2D eigenvalue weighted by Crippen LogP contribution is -1.90. The molecule has 0 saturated carbocycles. The summed E-state index contributed by atoms with van der Waals surface area (Å²) in [6.45, 7) is 0. The molecular weight excluding hydrogens is 412 g/mol. The Morgan fingerprint density at radius 3 is 1.21 bits per heavy atom. The molecule has 4 aromatic carbocycles. The van der Waals surface area contributed by atoms with Crippen LogP contribution < -0.4 is 0 Å². The quantitative estimate of drug-likeness (QED) is 0.234. The lowest BCUT2D eigenvalue weighted by Gasteiger charge is -2.03. The monoisotopic (exact) mass is 440 g/mol. The molecule has 2 nitrogen and oxygen atoms in total. The van der Waals surface area contributed by atoms with Crippen molar-refractivity contribution in [2.45, 2.75) is 12.8 Å². The molecule has 0 fully saturated rings. The number of aryl methyl sites for hydroxylation is 2. The summed E-state index contributed by atoms with van der Waals surface area (Å²) in [5.41, 5.74) is 6.89. The van der Waals surface area contributed by atoms with Crippen LogP contribution in [-0.2, 0) is 12.8 Å². The topological polar surface area (TPSA) is 24.7 Å². The van der Waals surface area contributed by atoms with Crippen molar-refractivity contribution in [3.05, 3.63) is 144 Å². The van der Waals surface area contributed by atoms with Crippen molar-refractivity contribution in [1.29, 1.82) is 0 Å². The molecule has 166 valence electrons. The van der Waals surface area contributed by atoms with E-state index in [0.29, 0.717) is 0 Å². The summed E-state index contributed by atoms with van der Waals surface area (Å²) in [4.78, 5) is 9.02. The number of aliphatic imine (C=N–C) groups is 2. The Balaban J connectivity index is 1.23. The van der Waals surface area contributed by atoms with Crippen LogP contribution in [0.25, 0.3) is 12.2 Å². The van der Waals surface area contributed by atoms with Crippen molar-refractivity contribution in [3.8, 4) is 0 Å². The van der Waals surface area contributed by atoms with E-state index in [1.165, 1.54) is 22.3 Å². The third-order valence-corrected chi connectivity index (χ3v) is 5.37. The highest BCUT2D eigenvalue weighted by Gasteiger charge is 1.97. The second-order valence-corrected chi connectivity index (χ2v) is 7.93. The van der Waals surface area contributed by atoms with E-state index in [1.807, 2.05) is 61.0 Å². The van der Waals surface area contributed by atoms with Crippen LogP contribution in [0.2, 0.25) is 0 Å². The lowest BCUT2D eigenvalue weighted by atomic mass is 10.0. The summed E-state index contributed by atoms with van der Waals surface area (Å²) in [6, 6.07) is 37.4. The van der Waals surface area contributed by atoms with Gasteiger partial charge in [-0.05, 0) is 71.5 Å². The zero-order valence-electron chi connectivity index (χ0n) is 19.2. The Morgan fingerprint density at radius 1 is 0.441 bits per heavy atom. The predicted octanol–water partition coefficient (Wildman–Crippen LogP) is 8.30. The maximum absolute atomic E-state index is 4.51. The van der Waals surface area contributed by atoms with Crippen molar-refractivity contribution in [3.63, 3.8) is 0 Å². The van der Waals surface area contributed by atoms with Gasteiger partial charge in [0, 0.05) is 12.4 Å². The van der Waals surface area contributed by atoms with Crippen molar-refractivity contribution >= 4 is 36.0 Å². The molecule has 0 saturated heterocycles. The van der Waals surface area contributed by atoms with Gasteiger partial charge in [0.1, 0.15) is 0 Å². The van der Waals surface area contributed by atoms with Crippen LogP contribution in [0.1, 0.15) is 22.3 Å². The molecule has 0 amide bonds. The fourth-order valence-electron chi connectivity index (χ4n) is 3.48. The average Bonchev–Trinajstić information content (AvgIpc) is 2.90. The molecule has 0 atom stereocenters. The first-order valence-corrected chi connectivity index (χ1v) is 11.5. The summed E-state index contributed by atoms with van der Waals surface area (Å²) >= 11 is 0. The third kappa shape index (κ3) is 7.68. The van der Waals surface area contributed by atoms with Crippen LogP contribution in [-0.4, -0.2) is 12.4 Å². The number of benzene rings is 4. The van der Waals surface area contributed by atoms with E-state index in [-0.39, 0.29) is 0 Å². The number of nitrogens with zero attached hydrogens (tertiary/aromatic N) is 2. The molecule has 0 aliphatic carbocycles. The maximum Gasteiger partial charge on any atom is 0.0629 e. The van der Waals surface area contributed by atoms with E-state index in [4.69, 9.17) is 0 Å². The normalized spacial score (nSPS) is 11.9. The Labute approximate surface area is 202 Å². The second kappa shape index (κ2) is 12.7. The second-order valence-electron chi connectivity index (χ2n) is 7.93. The number of hydrogen-bond acceptors (Lipinski definition) is 2. The zero-order chi connectivity index (χ0) is 23.3. The van der Waals surface area contributed by atoms with E-state index in [2.05, 4.69) is 94.9 Å². The highest BCUT2D eigenvalue weighted by atomic mass is 14.7. The Morgan fingerprint density at radius 2 is 0.824 bits per heavy atom. The minimum atomic E-state index is 0.963. The molecule has 0 aromatic heterocycles. The SMILES string of the molecule is C(/C=C/c1ccccc1)=Nc1ccc(CCc2ccc(N=C/C=C/c3ccccc3)cc2)cc1. The first-order chi connectivity index (χ1) is 16.8. The largest absolute Gasteiger partial charge is 0.257 e. The van der Waals surface area contributed by atoms with Gasteiger partial charge in [-0.25, -0.2) is 0 Å². The summed E-state index contributed by atoms with van der Waals surface area (Å²) < 4.78 is 0. The van der Waals surface area contributed by atoms with E-state index in [0.717, 1.165) is 24.2 Å². The van der Waals surface area contributed by atoms with Crippen LogP contribution in [0.15, 0.2) is 131 Å². The van der Waals surface area contributed by atoms with Gasteiger partial charge in [0.2, 0.25) is 0 Å². The van der Waals surface area contributed by atoms with Crippen molar-refractivity contribution in [2.24, 2.45) is 9.98 Å². The molecule has 0 aliphatic heterocycles. The van der Waals surface area contributed by atoms with Gasteiger partial charge in [-0.2, -0.15) is 0 Å². The minimum absolute atomic E-state index is 0.963. The van der Waals surface area contributed by atoms with Gasteiger partial charge in [0.05, 0.1) is 11.4 Å². The van der Waals surface area contributed by atoms with Crippen molar-refractivity contribution in [2.75, 3.05) is 0 Å². The Hall–Kier alpha value is -4.30. The van der Waals surface area contributed by atoms with Gasteiger partial charge in [-0.15, -0.1) is 0 Å². The fourth-order valence-corrected chi connectivity index (χ4v) is 3.48. The summed E-state index contributed by atoms with van der Waals surface area (Å²) in [6.07, 6.45) is 13.7. The van der Waals surface area contributed by atoms with Crippen LogP contribution in [0.4, 0.5) is 11.4 Å². The van der Waals surface area contributed by atoms with Crippen LogP contribution >= 0.6 is 0 Å². The standard InChI is InChI=1S/C32H28N2/c1-3-9-27(10-4-1)13-7-25-33-31-21-17-29(18-22-31)15-16-30-19-23-32(24-20-30)34-26-8-14-28-11-5-2-6-12-28/h1-14,17-26H,15-16H2/b13-7+,14-8+,33-25?,34-26?. The van der Waals surface area contributed by atoms with Gasteiger partial charge in [0.25, 0.3) is 0 Å². The summed E-state index contributed by atoms with van der Waals surface area (Å²) in [5.74, 6) is 0. The van der Waals surface area contributed by atoms with Gasteiger partial charge in [-0.3, -0.25) is 9.98 Å². The smallest absolute Gasteiger partial charge is 0.0629 e. The molecule has 0 radical (unpaired) electrons. The third-order valence-electron chi connectivity index (χ3n) is 5.37. The van der Waals surface area contributed by atoms with Gasteiger partial charge < -0.3 is 0 Å². The summed E-state index contributed by atoms with van der Waals surface area (Å²) in [5, 5.41) is 0. The lowest BCUT2D eigenvalue weighted by molar-refractivity contribution is 0.960. The predicted molar refractivity (Wildman–Crippen MR) is 148 cm³/mol. The van der Waals surface area contributed by atoms with Gasteiger partial charge in [0.15, 0.2) is 0 Å². The Bertz CT molecular complexity index is 1150. The molecule has 0 heterocycles. The van der Waals surface area contributed by atoms with E-state index >= 15 is 0 Å². The van der Waals surface area contributed by atoms with Gasteiger partial charge >= 0.3 is 0 Å². The Kier molecular flexibility index (Phi) is 8.52. The molecule has 4 aromatic rings. The number of allylic oxidation sites excluding steroid dienone is 2. The highest BCUT2D eigenvalue weighted by Crippen LogP contribution is 2.17. The molecule has 0 N–H and O–H groups in total. The first-order valence-electron chi connectivity index (χ1n) is 11.5. The number of rotatable bonds is 9. The summed E-state index contributed by atoms with van der Waals surface area (Å²) in [7, 11) is 0. The van der Waals surface area contributed by atoms with Crippen LogP contribution in [0.3, 0.4) is 0 Å². The molecule has 2 heteroatoms. The molecule has 34 heavy (non-hydrogen) atoms. The van der Waals surface area contributed by atoms with E-state index in [1.54, 1.807) is 0 Å². The van der Waals surface area contributed by atoms with Crippen LogP contribution in [0, 0.1) is 0 Å². The van der Waals surface area contributed by atoms with Crippen LogP contribution in [0.5, 0.6) is 0 Å². The molecule has 0 aliphatic rings. The maximum atomic E-state index is 4.51. The highest BCUT2D eigenvalue weighted by molar-refractivity contribution is 5.81. The molecular formula is C32H28N2. The van der Waals surface area contributed by atoms with E-state index in [9.17, 15) is 0 Å². The van der Waals surface area contributed by atoms with Crippen molar-refractivity contribution in [1.82, 2.24) is 0 Å².